The Hall–Kier alpha value is -1.55. The number of hydrogen-bond acceptors (Lipinski definition) is 3. The van der Waals surface area contributed by atoms with Crippen LogP contribution in [0.1, 0.15) is 37.7 Å². The van der Waals surface area contributed by atoms with Crippen LogP contribution < -0.4 is 5.32 Å². The Morgan fingerprint density at radius 1 is 1.25 bits per heavy atom. The second-order valence-electron chi connectivity index (χ2n) is 7.03. The van der Waals surface area contributed by atoms with Gasteiger partial charge in [-0.15, -0.1) is 0 Å². The molecule has 4 nitrogen and oxygen atoms in total. The van der Waals surface area contributed by atoms with Crippen molar-refractivity contribution in [3.8, 4) is 0 Å². The topological polar surface area (TPSA) is 55.4 Å². The first-order chi connectivity index (χ1) is 11.6. The number of esters is 1. The number of fused-ring (bicyclic) bond motifs is 2. The van der Waals surface area contributed by atoms with E-state index in [-0.39, 0.29) is 18.5 Å². The van der Waals surface area contributed by atoms with Gasteiger partial charge in [0.1, 0.15) is 0 Å². The number of amides is 1. The van der Waals surface area contributed by atoms with Crippen LogP contribution in [0.3, 0.4) is 0 Å². The zero-order valence-electron chi connectivity index (χ0n) is 13.8. The summed E-state index contributed by atoms with van der Waals surface area (Å²) < 4.78 is 5.12. The van der Waals surface area contributed by atoms with E-state index in [2.05, 4.69) is 5.32 Å². The maximum Gasteiger partial charge on any atom is 0.306 e. The molecule has 24 heavy (non-hydrogen) atoms. The minimum absolute atomic E-state index is 0.185. The van der Waals surface area contributed by atoms with E-state index in [0.29, 0.717) is 36.2 Å². The van der Waals surface area contributed by atoms with Crippen molar-refractivity contribution in [2.75, 3.05) is 13.2 Å². The maximum atomic E-state index is 11.9. The molecule has 3 atom stereocenters. The molecule has 2 aliphatic carbocycles. The first kappa shape index (κ1) is 17.3. The minimum atomic E-state index is -0.252. The number of ether oxygens (including phenoxy) is 1. The van der Waals surface area contributed by atoms with Gasteiger partial charge in [0.25, 0.3) is 5.91 Å². The summed E-state index contributed by atoms with van der Waals surface area (Å²) in [5, 5.41) is 3.46. The summed E-state index contributed by atoms with van der Waals surface area (Å²) in [5.41, 5.74) is 1.07. The van der Waals surface area contributed by atoms with Gasteiger partial charge in [-0.3, -0.25) is 9.59 Å². The Bertz CT molecular complexity index is 604. The quantitative estimate of drug-likeness (QED) is 0.768. The number of carbonyl (C=O) groups is 2. The minimum Gasteiger partial charge on any atom is -0.456 e. The Kier molecular flexibility index (Phi) is 5.77. The molecule has 0 heterocycles. The summed E-state index contributed by atoms with van der Waals surface area (Å²) in [5.74, 6) is 1.51. The SMILES string of the molecule is O=C(COC(=O)C[C@@H]1C[C@H]2CC[C@@H]1C2)NCCc1cccc(Cl)c1. The van der Waals surface area contributed by atoms with Crippen LogP contribution in [0, 0.1) is 17.8 Å². The fraction of sp³-hybridized carbons (Fsp3) is 0.579. The van der Waals surface area contributed by atoms with Gasteiger partial charge in [-0.25, -0.2) is 0 Å². The van der Waals surface area contributed by atoms with Crippen molar-refractivity contribution in [1.82, 2.24) is 5.32 Å². The van der Waals surface area contributed by atoms with E-state index in [1.807, 2.05) is 24.3 Å². The third kappa shape index (κ3) is 4.73. The zero-order valence-corrected chi connectivity index (χ0v) is 14.6. The molecule has 2 saturated carbocycles. The molecule has 1 aromatic carbocycles. The summed E-state index contributed by atoms with van der Waals surface area (Å²) in [4.78, 5) is 23.7. The van der Waals surface area contributed by atoms with Gasteiger partial charge < -0.3 is 10.1 Å². The fourth-order valence-electron chi connectivity index (χ4n) is 4.14. The summed E-state index contributed by atoms with van der Waals surface area (Å²) in [6, 6.07) is 7.55. The lowest BCUT2D eigenvalue weighted by atomic mass is 9.86. The van der Waals surface area contributed by atoms with E-state index in [0.717, 1.165) is 17.9 Å². The molecular formula is C19H24ClNO3. The van der Waals surface area contributed by atoms with E-state index in [9.17, 15) is 9.59 Å². The average molecular weight is 350 g/mol. The number of rotatable bonds is 7. The van der Waals surface area contributed by atoms with Crippen molar-refractivity contribution >= 4 is 23.5 Å². The highest BCUT2D eigenvalue weighted by molar-refractivity contribution is 6.30. The van der Waals surface area contributed by atoms with Gasteiger partial charge in [-0.1, -0.05) is 30.2 Å². The van der Waals surface area contributed by atoms with Gasteiger partial charge in [0, 0.05) is 18.0 Å². The Balaban J connectivity index is 1.30. The number of halogens is 1. The molecule has 0 spiro atoms. The summed E-state index contributed by atoms with van der Waals surface area (Å²) in [6.07, 6.45) is 6.19. The normalized spacial score (nSPS) is 24.8. The molecule has 2 fully saturated rings. The van der Waals surface area contributed by atoms with Crippen molar-refractivity contribution in [3.63, 3.8) is 0 Å². The lowest BCUT2D eigenvalue weighted by molar-refractivity contribution is -0.149. The monoisotopic (exact) mass is 349 g/mol. The Labute approximate surface area is 147 Å². The number of hydrogen-bond donors (Lipinski definition) is 1. The molecule has 3 rings (SSSR count). The van der Waals surface area contributed by atoms with E-state index < -0.39 is 0 Å². The third-order valence-electron chi connectivity index (χ3n) is 5.30. The molecule has 5 heteroatoms. The van der Waals surface area contributed by atoms with Gasteiger partial charge in [0.05, 0.1) is 0 Å². The summed E-state index contributed by atoms with van der Waals surface area (Å²) in [6.45, 7) is 0.318. The first-order valence-electron chi connectivity index (χ1n) is 8.77. The molecule has 1 aromatic rings. The smallest absolute Gasteiger partial charge is 0.306 e. The highest BCUT2D eigenvalue weighted by atomic mass is 35.5. The predicted octanol–water partition coefficient (Wildman–Crippen LogP) is 3.37. The van der Waals surface area contributed by atoms with Crippen molar-refractivity contribution in [3.05, 3.63) is 34.9 Å². The van der Waals surface area contributed by atoms with Crippen LogP contribution >= 0.6 is 11.6 Å². The van der Waals surface area contributed by atoms with Crippen molar-refractivity contribution < 1.29 is 14.3 Å². The van der Waals surface area contributed by atoms with Crippen molar-refractivity contribution in [2.45, 2.75) is 38.5 Å². The number of carbonyl (C=O) groups excluding carboxylic acids is 2. The van der Waals surface area contributed by atoms with Gasteiger partial charge >= 0.3 is 5.97 Å². The largest absolute Gasteiger partial charge is 0.456 e. The lowest BCUT2D eigenvalue weighted by Crippen LogP contribution is -2.31. The van der Waals surface area contributed by atoms with Gasteiger partial charge in [0.2, 0.25) is 0 Å². The van der Waals surface area contributed by atoms with Gasteiger partial charge in [0.15, 0.2) is 6.61 Å². The molecule has 1 N–H and O–H groups in total. The van der Waals surface area contributed by atoms with Crippen LogP contribution in [0.25, 0.3) is 0 Å². The predicted molar refractivity (Wildman–Crippen MR) is 92.7 cm³/mol. The summed E-state index contributed by atoms with van der Waals surface area (Å²) in [7, 11) is 0. The maximum absolute atomic E-state index is 11.9. The molecule has 1 amide bonds. The first-order valence-corrected chi connectivity index (χ1v) is 9.14. The van der Waals surface area contributed by atoms with Crippen LogP contribution in [0.15, 0.2) is 24.3 Å². The van der Waals surface area contributed by atoms with E-state index in [4.69, 9.17) is 16.3 Å². The molecule has 2 bridgehead atoms. The molecule has 0 aliphatic heterocycles. The van der Waals surface area contributed by atoms with Crippen LogP contribution in [0.4, 0.5) is 0 Å². The Morgan fingerprint density at radius 3 is 2.83 bits per heavy atom. The number of benzene rings is 1. The lowest BCUT2D eigenvalue weighted by Gasteiger charge is -2.20. The molecule has 0 unspecified atom stereocenters. The second kappa shape index (κ2) is 8.02. The molecule has 130 valence electrons. The van der Waals surface area contributed by atoms with Crippen LogP contribution in [-0.2, 0) is 20.7 Å². The van der Waals surface area contributed by atoms with Gasteiger partial charge in [-0.05, 0) is 61.1 Å². The highest BCUT2D eigenvalue weighted by Crippen LogP contribution is 2.49. The van der Waals surface area contributed by atoms with Crippen LogP contribution in [0.5, 0.6) is 0 Å². The third-order valence-corrected chi connectivity index (χ3v) is 5.54. The number of nitrogens with one attached hydrogen (secondary N) is 1. The van der Waals surface area contributed by atoms with Crippen LogP contribution in [0.2, 0.25) is 5.02 Å². The summed E-state index contributed by atoms with van der Waals surface area (Å²) >= 11 is 5.92. The standard InChI is InChI=1S/C19H24ClNO3/c20-17-3-1-2-13(10-17)6-7-21-18(22)12-24-19(23)11-16-9-14-4-5-15(16)8-14/h1-3,10,14-16H,4-9,11-12H2,(H,21,22)/t14-,15+,16-/m0/s1. The highest BCUT2D eigenvalue weighted by Gasteiger charge is 2.40. The molecule has 0 radical (unpaired) electrons. The average Bonchev–Trinajstić information content (AvgIpc) is 3.16. The fourth-order valence-corrected chi connectivity index (χ4v) is 4.35. The second-order valence-corrected chi connectivity index (χ2v) is 7.47. The van der Waals surface area contributed by atoms with Crippen molar-refractivity contribution in [2.24, 2.45) is 17.8 Å². The van der Waals surface area contributed by atoms with Crippen molar-refractivity contribution in [1.29, 1.82) is 0 Å². The van der Waals surface area contributed by atoms with E-state index in [1.54, 1.807) is 0 Å². The zero-order chi connectivity index (χ0) is 16.9. The van der Waals surface area contributed by atoms with Crippen LogP contribution in [-0.4, -0.2) is 25.0 Å². The molecule has 0 aromatic heterocycles. The van der Waals surface area contributed by atoms with Gasteiger partial charge in [-0.2, -0.15) is 0 Å². The molecular weight excluding hydrogens is 326 g/mol. The molecule has 2 aliphatic rings. The van der Waals surface area contributed by atoms with E-state index in [1.165, 1.54) is 19.3 Å². The van der Waals surface area contributed by atoms with E-state index >= 15 is 0 Å². The Morgan fingerprint density at radius 2 is 2.12 bits per heavy atom. The molecule has 0 saturated heterocycles.